The summed E-state index contributed by atoms with van der Waals surface area (Å²) in [4.78, 5) is 38.3. The van der Waals surface area contributed by atoms with Gasteiger partial charge in [0, 0.05) is 75.2 Å². The zero-order valence-electron chi connectivity index (χ0n) is 23.6. The topological polar surface area (TPSA) is 183 Å². The molecule has 1 amide bonds. The molecule has 1 saturated heterocycles. The maximum atomic E-state index is 14.0. The van der Waals surface area contributed by atoms with Crippen molar-refractivity contribution < 1.29 is 93.5 Å². The van der Waals surface area contributed by atoms with Gasteiger partial charge in [0.2, 0.25) is 5.91 Å². The fourth-order valence-corrected chi connectivity index (χ4v) is 7.93. The van der Waals surface area contributed by atoms with E-state index in [9.17, 15) is 39.9 Å². The van der Waals surface area contributed by atoms with Gasteiger partial charge >= 0.3 is 5.97 Å². The van der Waals surface area contributed by atoms with Crippen molar-refractivity contribution in [2.75, 3.05) is 6.61 Å². The van der Waals surface area contributed by atoms with E-state index in [1.807, 2.05) is 0 Å². The van der Waals surface area contributed by atoms with Gasteiger partial charge in [0.1, 0.15) is 17.8 Å². The number of rotatable bonds is 4. The number of esters is 1. The summed E-state index contributed by atoms with van der Waals surface area (Å²) >= 11 is 0. The minimum Gasteiger partial charge on any atom is -0.456 e. The third-order valence-electron chi connectivity index (χ3n) is 10.3. The minimum absolute atomic E-state index is 0. The third kappa shape index (κ3) is 4.60. The molecule has 2 bridgehead atoms. The average molecular weight is 767 g/mol. The van der Waals surface area contributed by atoms with Crippen molar-refractivity contribution in [1.82, 2.24) is 5.32 Å². The first-order valence-electron chi connectivity index (χ1n) is 13.2. The Morgan fingerprint density at radius 2 is 1.77 bits per heavy atom. The Labute approximate surface area is 264 Å². The van der Waals surface area contributed by atoms with Crippen molar-refractivity contribution in [3.8, 4) is 0 Å². The number of hydrogen-bond acceptors (Lipinski definition) is 10. The van der Waals surface area contributed by atoms with Crippen molar-refractivity contribution in [3.05, 3.63) is 11.1 Å². The van der Waals surface area contributed by atoms with Crippen LogP contribution in [0.5, 0.6) is 0 Å². The molecule has 0 spiro atoms. The number of aliphatic hydroxyl groups is 5. The molecule has 0 aromatic rings. The zero-order valence-corrected chi connectivity index (χ0v) is 28.3. The average Bonchev–Trinajstić information content (AvgIpc) is 2.81. The van der Waals surface area contributed by atoms with E-state index in [-0.39, 0.29) is 69.1 Å². The van der Waals surface area contributed by atoms with Crippen molar-refractivity contribution in [3.63, 3.8) is 0 Å². The first kappa shape index (κ1) is 33.1. The van der Waals surface area contributed by atoms with Crippen LogP contribution in [0.25, 0.3) is 0 Å². The molecule has 6 N–H and O–H groups in total. The summed E-state index contributed by atoms with van der Waals surface area (Å²) in [6.07, 6.45) is -6.65. The van der Waals surface area contributed by atoms with E-state index in [0.29, 0.717) is 5.57 Å². The van der Waals surface area contributed by atoms with Crippen LogP contribution >= 0.6 is 0 Å². The fourth-order valence-electron chi connectivity index (χ4n) is 7.93. The Morgan fingerprint density at radius 3 is 2.28 bits per heavy atom. The van der Waals surface area contributed by atoms with Gasteiger partial charge in [-0.05, 0) is 37.8 Å². The van der Waals surface area contributed by atoms with E-state index in [1.54, 1.807) is 27.7 Å². The maximum Gasteiger partial charge on any atom is 0.337 e. The number of ketones is 1. The minimum atomic E-state index is -1.75. The number of nitrogens with one attached hydrogen (secondary N) is 1. The molecular weight excluding hydrogens is 725 g/mol. The number of Topliss-reactive ketones (excluding diaryl/α,β-unsaturated/α-hetero) is 1. The number of carbonyl (C=O) groups excluding carboxylic acids is 3. The van der Waals surface area contributed by atoms with Crippen LogP contribution in [0.4, 0.5) is 0 Å². The molecule has 0 aromatic heterocycles. The molecule has 4 aliphatic rings. The molecule has 1 radical (unpaired) electrons. The van der Waals surface area contributed by atoms with Crippen LogP contribution in [-0.4, -0.2) is 97.6 Å². The van der Waals surface area contributed by atoms with Gasteiger partial charge in [0.15, 0.2) is 11.9 Å². The molecule has 1 aliphatic heterocycles. The smallest absolute Gasteiger partial charge is 0.337 e. The van der Waals surface area contributed by atoms with Crippen molar-refractivity contribution in [1.29, 1.82) is 0 Å². The third-order valence-corrected chi connectivity index (χ3v) is 10.3. The van der Waals surface area contributed by atoms with E-state index < -0.39 is 88.1 Å². The summed E-state index contributed by atoms with van der Waals surface area (Å²) < 4.78 is 11.2. The molecule has 3 fully saturated rings. The number of amides is 1. The van der Waals surface area contributed by atoms with Crippen LogP contribution in [0.3, 0.4) is 0 Å². The zero-order chi connectivity index (χ0) is 28.7. The molecule has 4 rings (SSSR count). The molecule has 1 heterocycles. The van der Waals surface area contributed by atoms with E-state index in [4.69, 9.17) is 9.47 Å². The molecule has 2 saturated carbocycles. The molecule has 0 aromatic carbocycles. The van der Waals surface area contributed by atoms with E-state index >= 15 is 0 Å². The number of aliphatic hydroxyl groups excluding tert-OH is 3. The van der Waals surface area contributed by atoms with Gasteiger partial charge in [0.05, 0.1) is 35.9 Å². The van der Waals surface area contributed by atoms with Crippen LogP contribution < -0.4 is 5.32 Å². The predicted octanol–water partition coefficient (Wildman–Crippen LogP) is -0.642. The van der Waals surface area contributed by atoms with Gasteiger partial charge in [0.25, 0.3) is 0 Å². The fraction of sp³-hybridized carbons (Fsp3) is 0.815. The van der Waals surface area contributed by atoms with Crippen LogP contribution in [0.15, 0.2) is 11.1 Å². The molecule has 3 aliphatic carbocycles. The first-order chi connectivity index (χ1) is 17.4. The van der Waals surface area contributed by atoms with Gasteiger partial charge in [-0.25, -0.2) is 4.79 Å². The van der Waals surface area contributed by atoms with E-state index in [1.165, 1.54) is 20.8 Å². The van der Waals surface area contributed by atoms with Gasteiger partial charge < -0.3 is 40.3 Å². The Hall–Kier alpha value is -0.448. The summed E-state index contributed by atoms with van der Waals surface area (Å²) in [5, 5.41) is 59.7. The molecule has 11 atom stereocenters. The second-order valence-electron chi connectivity index (χ2n) is 12.6. The Morgan fingerprint density at radius 1 is 1.18 bits per heavy atom. The number of hydrogen-bond donors (Lipinski definition) is 6. The van der Waals surface area contributed by atoms with E-state index in [2.05, 4.69) is 5.32 Å². The van der Waals surface area contributed by atoms with Gasteiger partial charge in [-0.1, -0.05) is 20.8 Å². The Kier molecular flexibility index (Phi) is 9.05. The van der Waals surface area contributed by atoms with Gasteiger partial charge in [-0.3, -0.25) is 9.59 Å². The number of ether oxygens (including phenoxy) is 2. The quantitative estimate of drug-likeness (QED) is 0.159. The predicted molar refractivity (Wildman–Crippen MR) is 132 cm³/mol. The van der Waals surface area contributed by atoms with Crippen molar-refractivity contribution in [2.24, 2.45) is 22.7 Å². The Balaban J connectivity index is 0.00000420. The molecule has 39 heavy (non-hydrogen) atoms. The molecular formula is C27H41AcNO10. The summed E-state index contributed by atoms with van der Waals surface area (Å²) in [6.45, 7) is 10.8. The molecule has 11 nitrogen and oxygen atoms in total. The normalized spacial score (nSPS) is 44.3. The second kappa shape index (κ2) is 10.7. The van der Waals surface area contributed by atoms with Crippen molar-refractivity contribution >= 4 is 17.7 Å². The van der Waals surface area contributed by atoms with Crippen LogP contribution in [0.1, 0.15) is 61.3 Å². The SMILES string of the molecule is CC(=O)N[C@@H](C)C(O)C(=O)OC1CC2(O)[C@@H](C)C3C4(O)COC4CC(O)[C@@]3(C)C(=O)C(O)C(=C1C)C2(C)C.[Ac]. The first-order valence-corrected chi connectivity index (χ1v) is 13.2. The number of carbonyl (C=O) groups is 3. The summed E-state index contributed by atoms with van der Waals surface area (Å²) in [7, 11) is 0. The number of fused-ring (bicyclic) bond motifs is 5. The summed E-state index contributed by atoms with van der Waals surface area (Å²) in [5.41, 5.74) is -5.48. The van der Waals surface area contributed by atoms with Crippen molar-refractivity contribution in [2.45, 2.75) is 109 Å². The van der Waals surface area contributed by atoms with Crippen LogP contribution in [-0.2, 0) is 23.9 Å². The summed E-state index contributed by atoms with van der Waals surface area (Å²) in [6, 6.07) is -0.943. The van der Waals surface area contributed by atoms with Gasteiger partial charge in [-0.15, -0.1) is 0 Å². The Bertz CT molecular complexity index is 1080. The van der Waals surface area contributed by atoms with Crippen LogP contribution in [0.2, 0.25) is 0 Å². The largest absolute Gasteiger partial charge is 0.456 e. The van der Waals surface area contributed by atoms with Gasteiger partial charge in [-0.2, -0.15) is 0 Å². The maximum absolute atomic E-state index is 14.0. The standard InChI is InChI=1S/C27H41NO10.Ac/c1-11-15(38-23(34)19(31)13(3)28-14(4)29)9-27(36)12(2)21-25(7,16(30)8-17-26(21,35)10-37-17)22(33)20(32)18(11)24(27,5)6;/h12-13,15-17,19-21,30-32,35-36H,8-10H2,1-7H3,(H,28,29);/t12-,13-,15?,16?,17?,19?,20?,21?,25+,26?,27?;/m0./s1. The molecule has 12 heteroatoms. The van der Waals surface area contributed by atoms with E-state index in [0.717, 1.165) is 0 Å². The molecule has 8 unspecified atom stereocenters. The van der Waals surface area contributed by atoms with Crippen LogP contribution in [0, 0.1) is 66.7 Å². The second-order valence-corrected chi connectivity index (χ2v) is 12.6. The molecule has 217 valence electrons. The monoisotopic (exact) mass is 766 g/mol. The summed E-state index contributed by atoms with van der Waals surface area (Å²) in [5.74, 6) is -3.96.